The second-order valence-corrected chi connectivity index (χ2v) is 9.80. The van der Waals surface area contributed by atoms with Crippen molar-refractivity contribution in [3.8, 4) is 0 Å². The number of nitrogens with zero attached hydrogens (tertiary/aromatic N) is 3. The van der Waals surface area contributed by atoms with Crippen molar-refractivity contribution in [2.24, 2.45) is 5.41 Å². The third-order valence-corrected chi connectivity index (χ3v) is 7.08. The van der Waals surface area contributed by atoms with Gasteiger partial charge < -0.3 is 14.7 Å². The maximum Gasteiger partial charge on any atom is 0.237 e. The van der Waals surface area contributed by atoms with E-state index in [9.17, 15) is 22.8 Å². The molecule has 0 aliphatic carbocycles. The topological polar surface area (TPSA) is 95.1 Å². The molecule has 3 amide bonds. The van der Waals surface area contributed by atoms with Crippen LogP contribution >= 0.6 is 0 Å². The average molecular weight is 388 g/mol. The van der Waals surface area contributed by atoms with Crippen LogP contribution in [0.25, 0.3) is 0 Å². The molecule has 0 saturated carbocycles. The van der Waals surface area contributed by atoms with Gasteiger partial charge >= 0.3 is 0 Å². The van der Waals surface area contributed by atoms with E-state index in [0.717, 1.165) is 0 Å². The van der Waals surface area contributed by atoms with Crippen LogP contribution in [0.5, 0.6) is 0 Å². The molecule has 0 aromatic carbocycles. The van der Waals surface area contributed by atoms with Crippen molar-refractivity contribution in [2.75, 3.05) is 44.2 Å². The van der Waals surface area contributed by atoms with E-state index in [1.165, 1.54) is 11.8 Å². The Kier molecular flexibility index (Phi) is 5.99. The molecular formula is C17H29N3O5S. The Balaban J connectivity index is 2.08. The van der Waals surface area contributed by atoms with Crippen molar-refractivity contribution in [3.05, 3.63) is 0 Å². The summed E-state index contributed by atoms with van der Waals surface area (Å²) >= 11 is 0. The molecule has 1 atom stereocenters. The zero-order valence-corrected chi connectivity index (χ0v) is 16.8. The van der Waals surface area contributed by atoms with Gasteiger partial charge in [-0.15, -0.1) is 0 Å². The van der Waals surface area contributed by atoms with Gasteiger partial charge in [0.15, 0.2) is 9.84 Å². The Labute approximate surface area is 155 Å². The molecule has 148 valence electrons. The molecule has 1 unspecified atom stereocenters. The lowest BCUT2D eigenvalue weighted by Gasteiger charge is -2.40. The maximum absolute atomic E-state index is 13.1. The van der Waals surface area contributed by atoms with Crippen molar-refractivity contribution >= 4 is 27.6 Å². The molecule has 0 N–H and O–H groups in total. The highest BCUT2D eigenvalue weighted by Gasteiger charge is 2.45. The summed E-state index contributed by atoms with van der Waals surface area (Å²) in [4.78, 5) is 42.3. The molecule has 2 aliphatic heterocycles. The summed E-state index contributed by atoms with van der Waals surface area (Å²) in [6.45, 7) is 8.59. The molecule has 2 rings (SSSR count). The lowest BCUT2D eigenvalue weighted by Crippen LogP contribution is -2.57. The fourth-order valence-electron chi connectivity index (χ4n) is 3.66. The van der Waals surface area contributed by atoms with Crippen LogP contribution < -0.4 is 0 Å². The van der Waals surface area contributed by atoms with Gasteiger partial charge in [0.2, 0.25) is 17.7 Å². The Morgan fingerprint density at radius 3 is 2.04 bits per heavy atom. The van der Waals surface area contributed by atoms with E-state index in [0.29, 0.717) is 39.1 Å². The van der Waals surface area contributed by atoms with Crippen LogP contribution in [0.1, 0.15) is 34.1 Å². The summed E-state index contributed by atoms with van der Waals surface area (Å²) in [6.07, 6.45) is 0.420. The molecule has 2 saturated heterocycles. The van der Waals surface area contributed by atoms with Crippen LogP contribution in [0.3, 0.4) is 0 Å². The molecule has 0 radical (unpaired) electrons. The third-order valence-electron chi connectivity index (χ3n) is 5.33. The zero-order valence-electron chi connectivity index (χ0n) is 16.0. The average Bonchev–Trinajstić information content (AvgIpc) is 2.94. The first-order valence-corrected chi connectivity index (χ1v) is 10.9. The second kappa shape index (κ2) is 7.54. The Morgan fingerprint density at radius 1 is 1.08 bits per heavy atom. The van der Waals surface area contributed by atoms with Crippen molar-refractivity contribution in [1.82, 2.24) is 14.7 Å². The Hall–Kier alpha value is -1.64. The molecule has 8 nitrogen and oxygen atoms in total. The lowest BCUT2D eigenvalue weighted by molar-refractivity contribution is -0.157. The largest absolute Gasteiger partial charge is 0.339 e. The molecule has 9 heteroatoms. The smallest absolute Gasteiger partial charge is 0.237 e. The van der Waals surface area contributed by atoms with Crippen molar-refractivity contribution < 1.29 is 22.8 Å². The third kappa shape index (κ3) is 4.19. The summed E-state index contributed by atoms with van der Waals surface area (Å²) in [7, 11) is -3.11. The van der Waals surface area contributed by atoms with Crippen LogP contribution in [0.4, 0.5) is 0 Å². The molecule has 0 aromatic heterocycles. The van der Waals surface area contributed by atoms with E-state index in [1.807, 2.05) is 0 Å². The van der Waals surface area contributed by atoms with Gasteiger partial charge in [0, 0.05) is 45.7 Å². The van der Waals surface area contributed by atoms with Crippen LogP contribution in [0.15, 0.2) is 0 Å². The van der Waals surface area contributed by atoms with Crippen LogP contribution in [-0.4, -0.2) is 91.1 Å². The van der Waals surface area contributed by atoms with Crippen molar-refractivity contribution in [3.63, 3.8) is 0 Å². The molecule has 2 aliphatic rings. The first-order chi connectivity index (χ1) is 12.0. The molecule has 0 aromatic rings. The number of hydrogen-bond donors (Lipinski definition) is 0. The normalized spacial score (nSPS) is 23.0. The number of piperazine rings is 1. The van der Waals surface area contributed by atoms with Crippen LogP contribution in [0, 0.1) is 5.41 Å². The number of rotatable bonds is 4. The molecule has 0 bridgehead atoms. The molecule has 2 fully saturated rings. The summed E-state index contributed by atoms with van der Waals surface area (Å²) in [5.74, 6) is -0.574. The molecular weight excluding hydrogens is 358 g/mol. The van der Waals surface area contributed by atoms with Gasteiger partial charge in [0.25, 0.3) is 0 Å². The van der Waals surface area contributed by atoms with Crippen LogP contribution in [-0.2, 0) is 24.2 Å². The Morgan fingerprint density at radius 2 is 1.62 bits per heavy atom. The molecule has 2 heterocycles. The van der Waals surface area contributed by atoms with Gasteiger partial charge in [-0.25, -0.2) is 8.42 Å². The van der Waals surface area contributed by atoms with Crippen molar-refractivity contribution in [1.29, 1.82) is 0 Å². The summed E-state index contributed by atoms with van der Waals surface area (Å²) in [5, 5.41) is 0. The second-order valence-electron chi connectivity index (χ2n) is 7.57. The number of hydrogen-bond acceptors (Lipinski definition) is 5. The highest BCUT2D eigenvalue weighted by molar-refractivity contribution is 7.91. The van der Waals surface area contributed by atoms with Gasteiger partial charge in [0.05, 0.1) is 11.5 Å². The summed E-state index contributed by atoms with van der Waals surface area (Å²) in [6, 6.07) is -0.362. The Bertz CT molecular complexity index is 681. The SMILES string of the molecule is CCN(C(=O)C(C)(C)C(=O)N1CCN(C(C)=O)CC1)C1CCS(=O)(=O)C1. The van der Waals surface area contributed by atoms with E-state index in [1.54, 1.807) is 30.6 Å². The van der Waals surface area contributed by atoms with Crippen LogP contribution in [0.2, 0.25) is 0 Å². The quantitative estimate of drug-likeness (QED) is 0.620. The standard InChI is InChI=1S/C17H29N3O5S/c1-5-20(14-6-11-26(24,25)12-14)16(23)17(3,4)15(22)19-9-7-18(8-10-19)13(2)21/h14H,5-12H2,1-4H3. The number of carbonyl (C=O) groups excluding carboxylic acids is 3. The van der Waals surface area contributed by atoms with E-state index in [4.69, 9.17) is 0 Å². The van der Waals surface area contributed by atoms with Gasteiger partial charge in [-0.05, 0) is 27.2 Å². The monoisotopic (exact) mass is 387 g/mol. The molecule has 26 heavy (non-hydrogen) atoms. The predicted molar refractivity (Wildman–Crippen MR) is 97.1 cm³/mol. The molecule has 0 spiro atoms. The minimum absolute atomic E-state index is 0.0213. The summed E-state index contributed by atoms with van der Waals surface area (Å²) in [5.41, 5.74) is -1.26. The maximum atomic E-state index is 13.1. The number of amides is 3. The minimum atomic E-state index is -3.11. The number of carbonyl (C=O) groups is 3. The van der Waals surface area contributed by atoms with E-state index >= 15 is 0 Å². The van der Waals surface area contributed by atoms with E-state index in [2.05, 4.69) is 0 Å². The van der Waals surface area contributed by atoms with Gasteiger partial charge in [-0.1, -0.05) is 0 Å². The summed E-state index contributed by atoms with van der Waals surface area (Å²) < 4.78 is 23.5. The highest BCUT2D eigenvalue weighted by Crippen LogP contribution is 2.27. The van der Waals surface area contributed by atoms with Crippen molar-refractivity contribution in [2.45, 2.75) is 40.2 Å². The van der Waals surface area contributed by atoms with Gasteiger partial charge in [-0.3, -0.25) is 14.4 Å². The fraction of sp³-hybridized carbons (Fsp3) is 0.824. The van der Waals surface area contributed by atoms with Gasteiger partial charge in [-0.2, -0.15) is 0 Å². The first-order valence-electron chi connectivity index (χ1n) is 9.06. The predicted octanol–water partition coefficient (Wildman–Crippen LogP) is -0.261. The minimum Gasteiger partial charge on any atom is -0.339 e. The van der Waals surface area contributed by atoms with E-state index < -0.39 is 15.3 Å². The highest BCUT2D eigenvalue weighted by atomic mass is 32.2. The number of sulfone groups is 1. The zero-order chi connectivity index (χ0) is 19.7. The lowest BCUT2D eigenvalue weighted by atomic mass is 9.88. The van der Waals surface area contributed by atoms with E-state index in [-0.39, 0.29) is 35.3 Å². The fourth-order valence-corrected chi connectivity index (χ4v) is 5.39. The first kappa shape index (κ1) is 20.7. The van der Waals surface area contributed by atoms with Gasteiger partial charge in [0.1, 0.15) is 5.41 Å².